The predicted molar refractivity (Wildman–Crippen MR) is 84.4 cm³/mol. The van der Waals surface area contributed by atoms with Gasteiger partial charge in [-0.15, -0.1) is 0 Å². The summed E-state index contributed by atoms with van der Waals surface area (Å²) in [4.78, 5) is 0. The fourth-order valence-corrected chi connectivity index (χ4v) is 2.61. The molecule has 0 N–H and O–H groups in total. The van der Waals surface area contributed by atoms with Gasteiger partial charge in [0.05, 0.1) is 0 Å². The molecule has 1 aromatic carbocycles. The minimum absolute atomic E-state index is 0.246. The van der Waals surface area contributed by atoms with E-state index in [4.69, 9.17) is 0 Å². The molecule has 0 spiro atoms. The van der Waals surface area contributed by atoms with Crippen LogP contribution in [0.25, 0.3) is 0 Å². The first-order valence-electron chi connectivity index (χ1n) is 8.36. The molecule has 0 aliphatic heterocycles. The normalized spacial score (nSPS) is 13.1. The van der Waals surface area contributed by atoms with E-state index >= 15 is 0 Å². The Morgan fingerprint density at radius 1 is 1.00 bits per heavy atom. The first kappa shape index (κ1) is 19.8. The predicted octanol–water partition coefficient (Wildman–Crippen LogP) is 6.62. The molecule has 0 aromatic heterocycles. The third-order valence-electron chi connectivity index (χ3n) is 3.88. The molecule has 0 saturated carbocycles. The molecule has 0 fully saturated rings. The molecule has 5 heteroatoms. The van der Waals surface area contributed by atoms with Gasteiger partial charge < -0.3 is 4.74 Å². The second kappa shape index (κ2) is 9.78. The number of ether oxygens (including phenoxy) is 1. The largest absolute Gasteiger partial charge is 0.481 e. The highest BCUT2D eigenvalue weighted by Gasteiger charge is 2.29. The molecule has 0 heterocycles. The summed E-state index contributed by atoms with van der Waals surface area (Å²) < 4.78 is 55.1. The minimum Gasteiger partial charge on any atom is -0.481 e. The molecule has 1 nitrogen and oxygen atoms in total. The smallest absolute Gasteiger partial charge is 0.422 e. The minimum atomic E-state index is -4.47. The molecule has 0 radical (unpaired) electrons. The van der Waals surface area contributed by atoms with Crippen LogP contribution in [-0.4, -0.2) is 12.8 Å². The van der Waals surface area contributed by atoms with Crippen LogP contribution >= 0.6 is 0 Å². The summed E-state index contributed by atoms with van der Waals surface area (Å²) >= 11 is 0. The molecule has 0 bridgehead atoms. The van der Waals surface area contributed by atoms with Crippen LogP contribution in [-0.2, 0) is 0 Å². The van der Waals surface area contributed by atoms with E-state index in [2.05, 4.69) is 18.6 Å². The van der Waals surface area contributed by atoms with E-state index in [1.165, 1.54) is 12.1 Å². The van der Waals surface area contributed by atoms with E-state index < -0.39 is 18.6 Å². The molecule has 23 heavy (non-hydrogen) atoms. The van der Waals surface area contributed by atoms with Crippen LogP contribution in [0.1, 0.15) is 70.3 Å². The Hall–Kier alpha value is -1.26. The van der Waals surface area contributed by atoms with Gasteiger partial charge in [0.25, 0.3) is 0 Å². The van der Waals surface area contributed by atoms with Gasteiger partial charge in [0.2, 0.25) is 0 Å². The van der Waals surface area contributed by atoms with E-state index in [9.17, 15) is 17.6 Å². The Labute approximate surface area is 136 Å². The van der Waals surface area contributed by atoms with Gasteiger partial charge >= 0.3 is 6.18 Å². The second-order valence-corrected chi connectivity index (χ2v) is 5.93. The maximum Gasteiger partial charge on any atom is 0.422 e. The highest BCUT2D eigenvalue weighted by Crippen LogP contribution is 2.32. The molecule has 0 saturated heterocycles. The van der Waals surface area contributed by atoms with Crippen LogP contribution in [0.5, 0.6) is 5.75 Å². The van der Waals surface area contributed by atoms with Crippen LogP contribution in [0.2, 0.25) is 0 Å². The zero-order valence-corrected chi connectivity index (χ0v) is 13.9. The lowest BCUT2D eigenvalue weighted by Gasteiger charge is -2.19. The summed E-state index contributed by atoms with van der Waals surface area (Å²) in [6.07, 6.45) is 2.88. The molecule has 132 valence electrons. The van der Waals surface area contributed by atoms with Crippen molar-refractivity contribution in [1.82, 2.24) is 0 Å². The summed E-state index contributed by atoms with van der Waals surface area (Å²) in [7, 11) is 0. The number of unbranched alkanes of at least 4 members (excludes halogenated alkanes) is 3. The summed E-state index contributed by atoms with van der Waals surface area (Å²) in [5, 5.41) is 0. The van der Waals surface area contributed by atoms with Crippen LogP contribution in [0, 0.1) is 5.82 Å². The summed E-state index contributed by atoms with van der Waals surface area (Å²) in [6, 6.07) is 4.31. The van der Waals surface area contributed by atoms with Gasteiger partial charge in [-0.1, -0.05) is 52.0 Å². The van der Waals surface area contributed by atoms with Gasteiger partial charge in [0.1, 0.15) is 0 Å². The first-order valence-corrected chi connectivity index (χ1v) is 8.36. The van der Waals surface area contributed by atoms with E-state index in [0.29, 0.717) is 0 Å². The highest BCUT2D eigenvalue weighted by molar-refractivity contribution is 5.32. The SMILES string of the molecule is CCCCCC(CCCC)c1ccc(F)c(OCC(F)(F)F)c1. The summed E-state index contributed by atoms with van der Waals surface area (Å²) in [6.45, 7) is 2.76. The molecular weight excluding hydrogens is 308 g/mol. The molecular formula is C18H26F4O. The number of benzene rings is 1. The summed E-state index contributed by atoms with van der Waals surface area (Å²) in [5.41, 5.74) is 0.869. The van der Waals surface area contributed by atoms with Crippen molar-refractivity contribution in [3.8, 4) is 5.75 Å². The summed E-state index contributed by atoms with van der Waals surface area (Å²) in [5.74, 6) is -0.812. The fourth-order valence-electron chi connectivity index (χ4n) is 2.61. The van der Waals surface area contributed by atoms with Crippen molar-refractivity contribution in [2.24, 2.45) is 0 Å². The molecule has 1 unspecified atom stereocenters. The maximum atomic E-state index is 13.7. The topological polar surface area (TPSA) is 9.23 Å². The van der Waals surface area contributed by atoms with Crippen LogP contribution in [0.4, 0.5) is 17.6 Å². The van der Waals surface area contributed by atoms with Crippen molar-refractivity contribution in [1.29, 1.82) is 0 Å². The molecule has 0 aliphatic carbocycles. The number of hydrogen-bond donors (Lipinski definition) is 0. The lowest BCUT2D eigenvalue weighted by molar-refractivity contribution is -0.153. The number of alkyl halides is 3. The van der Waals surface area contributed by atoms with Crippen molar-refractivity contribution < 1.29 is 22.3 Å². The van der Waals surface area contributed by atoms with E-state index in [1.54, 1.807) is 6.07 Å². The zero-order valence-electron chi connectivity index (χ0n) is 13.9. The number of rotatable bonds is 10. The average molecular weight is 334 g/mol. The van der Waals surface area contributed by atoms with Crippen molar-refractivity contribution in [2.75, 3.05) is 6.61 Å². The Kier molecular flexibility index (Phi) is 8.42. The Bertz CT molecular complexity index is 457. The van der Waals surface area contributed by atoms with Gasteiger partial charge in [0.15, 0.2) is 18.2 Å². The second-order valence-electron chi connectivity index (χ2n) is 5.93. The van der Waals surface area contributed by atoms with Crippen molar-refractivity contribution in [2.45, 2.75) is 70.9 Å². The van der Waals surface area contributed by atoms with Crippen LogP contribution in [0.15, 0.2) is 18.2 Å². The monoisotopic (exact) mass is 334 g/mol. The lowest BCUT2D eigenvalue weighted by Crippen LogP contribution is -2.19. The van der Waals surface area contributed by atoms with Crippen molar-refractivity contribution in [3.63, 3.8) is 0 Å². The van der Waals surface area contributed by atoms with Crippen molar-refractivity contribution in [3.05, 3.63) is 29.6 Å². The van der Waals surface area contributed by atoms with E-state index in [-0.39, 0.29) is 11.7 Å². The maximum absolute atomic E-state index is 13.7. The van der Waals surface area contributed by atoms with Gasteiger partial charge in [-0.25, -0.2) is 4.39 Å². The Morgan fingerprint density at radius 3 is 2.26 bits per heavy atom. The average Bonchev–Trinajstić information content (AvgIpc) is 2.49. The standard InChI is InChI=1S/C18H26F4O/c1-3-5-7-9-14(8-6-4-2)15-10-11-16(19)17(12-15)23-13-18(20,21)22/h10-12,14H,3-9,13H2,1-2H3. The van der Waals surface area contributed by atoms with E-state index in [0.717, 1.165) is 50.5 Å². The molecule has 0 aliphatic rings. The van der Waals surface area contributed by atoms with Gasteiger partial charge in [-0.05, 0) is 36.5 Å². The highest BCUT2D eigenvalue weighted by atomic mass is 19.4. The fraction of sp³-hybridized carbons (Fsp3) is 0.667. The van der Waals surface area contributed by atoms with Crippen LogP contribution in [0.3, 0.4) is 0 Å². The van der Waals surface area contributed by atoms with Gasteiger partial charge in [-0.3, -0.25) is 0 Å². The molecule has 1 aromatic rings. The number of hydrogen-bond acceptors (Lipinski definition) is 1. The molecule has 1 rings (SSSR count). The van der Waals surface area contributed by atoms with E-state index in [1.807, 2.05) is 0 Å². The van der Waals surface area contributed by atoms with Gasteiger partial charge in [0, 0.05) is 0 Å². The van der Waals surface area contributed by atoms with Gasteiger partial charge in [-0.2, -0.15) is 13.2 Å². The van der Waals surface area contributed by atoms with Crippen molar-refractivity contribution >= 4 is 0 Å². The third-order valence-corrected chi connectivity index (χ3v) is 3.88. The Morgan fingerprint density at radius 2 is 1.65 bits per heavy atom. The molecule has 1 atom stereocenters. The first-order chi connectivity index (χ1) is 10.9. The van der Waals surface area contributed by atoms with Crippen LogP contribution < -0.4 is 4.74 Å². The third kappa shape index (κ3) is 7.71. The molecule has 0 amide bonds. The number of halogens is 4. The zero-order chi connectivity index (χ0) is 17.3. The quantitative estimate of drug-likeness (QED) is 0.345. The Balaban J connectivity index is 2.84. The lowest BCUT2D eigenvalue weighted by atomic mass is 9.88.